The lowest BCUT2D eigenvalue weighted by Gasteiger charge is -2.35. The Hall–Kier alpha value is -1.15. The smallest absolute Gasteiger partial charge is 0.131 e. The van der Waals surface area contributed by atoms with Crippen LogP contribution in [0.4, 0.5) is 0 Å². The zero-order valence-electron chi connectivity index (χ0n) is 13.1. The van der Waals surface area contributed by atoms with Crippen LogP contribution < -0.4 is 0 Å². The molecule has 110 valence electrons. The van der Waals surface area contributed by atoms with Crippen molar-refractivity contribution in [1.82, 2.24) is 4.90 Å². The van der Waals surface area contributed by atoms with Crippen LogP contribution in [0.15, 0.2) is 24.3 Å². The predicted octanol–water partition coefficient (Wildman–Crippen LogP) is 4.14. The molecule has 0 radical (unpaired) electrons. The molecule has 0 aliphatic carbocycles. The Morgan fingerprint density at radius 3 is 2.55 bits per heavy atom. The first-order chi connectivity index (χ1) is 9.56. The lowest BCUT2D eigenvalue weighted by atomic mass is 9.96. The van der Waals surface area contributed by atoms with Crippen LogP contribution in [0.2, 0.25) is 0 Å². The highest BCUT2D eigenvalue weighted by Crippen LogP contribution is 2.23. The standard InChI is InChI=1S/C18H27NO/c1-14(2)17-9-7-16(8-10-17)13-19-11-5-4-6-18(19)12-15(3)20/h7-10,14,18H,4-6,11-13H2,1-3H3. The highest BCUT2D eigenvalue weighted by Gasteiger charge is 2.23. The molecule has 0 bridgehead atoms. The summed E-state index contributed by atoms with van der Waals surface area (Å²) >= 11 is 0. The maximum absolute atomic E-state index is 11.4. The summed E-state index contributed by atoms with van der Waals surface area (Å²) in [7, 11) is 0. The summed E-state index contributed by atoms with van der Waals surface area (Å²) in [4.78, 5) is 13.9. The monoisotopic (exact) mass is 273 g/mol. The second kappa shape index (κ2) is 7.03. The first-order valence-corrected chi connectivity index (χ1v) is 7.88. The van der Waals surface area contributed by atoms with Crippen LogP contribution in [0.25, 0.3) is 0 Å². The number of benzene rings is 1. The zero-order chi connectivity index (χ0) is 14.5. The van der Waals surface area contributed by atoms with Gasteiger partial charge in [0.05, 0.1) is 0 Å². The number of carbonyl (C=O) groups excluding carboxylic acids is 1. The van der Waals surface area contributed by atoms with Crippen molar-refractivity contribution in [3.05, 3.63) is 35.4 Å². The maximum Gasteiger partial charge on any atom is 0.131 e. The molecular weight excluding hydrogens is 246 g/mol. The van der Waals surface area contributed by atoms with Gasteiger partial charge in [-0.2, -0.15) is 0 Å². The Balaban J connectivity index is 2.00. The van der Waals surface area contributed by atoms with E-state index in [-0.39, 0.29) is 0 Å². The van der Waals surface area contributed by atoms with Crippen LogP contribution in [-0.4, -0.2) is 23.3 Å². The van der Waals surface area contributed by atoms with Crippen LogP contribution in [0.5, 0.6) is 0 Å². The van der Waals surface area contributed by atoms with Gasteiger partial charge in [-0.25, -0.2) is 0 Å². The topological polar surface area (TPSA) is 20.3 Å². The molecule has 1 fully saturated rings. The number of nitrogens with zero attached hydrogens (tertiary/aromatic N) is 1. The van der Waals surface area contributed by atoms with Crippen molar-refractivity contribution < 1.29 is 4.79 Å². The molecule has 0 spiro atoms. The first kappa shape index (κ1) is 15.2. The Bertz CT molecular complexity index is 435. The molecule has 1 aromatic carbocycles. The SMILES string of the molecule is CC(=O)CC1CCCCN1Cc1ccc(C(C)C)cc1. The van der Waals surface area contributed by atoms with Gasteiger partial charge in [0.25, 0.3) is 0 Å². The number of rotatable bonds is 5. The van der Waals surface area contributed by atoms with E-state index in [0.29, 0.717) is 24.2 Å². The van der Waals surface area contributed by atoms with Gasteiger partial charge in [-0.15, -0.1) is 0 Å². The molecule has 1 heterocycles. The van der Waals surface area contributed by atoms with Crippen LogP contribution in [-0.2, 0) is 11.3 Å². The number of hydrogen-bond donors (Lipinski definition) is 0. The summed E-state index contributed by atoms with van der Waals surface area (Å²) in [5.74, 6) is 0.904. The third-order valence-corrected chi connectivity index (χ3v) is 4.30. The molecule has 1 aliphatic rings. The highest BCUT2D eigenvalue weighted by atomic mass is 16.1. The molecule has 1 aliphatic heterocycles. The largest absolute Gasteiger partial charge is 0.300 e. The van der Waals surface area contributed by atoms with Crippen molar-refractivity contribution in [2.75, 3.05) is 6.54 Å². The molecule has 0 saturated carbocycles. The van der Waals surface area contributed by atoms with Crippen LogP contribution in [0, 0.1) is 0 Å². The molecule has 2 heteroatoms. The van der Waals surface area contributed by atoms with Crippen molar-refractivity contribution in [2.24, 2.45) is 0 Å². The van der Waals surface area contributed by atoms with Gasteiger partial charge >= 0.3 is 0 Å². The van der Waals surface area contributed by atoms with Crippen molar-refractivity contribution in [3.63, 3.8) is 0 Å². The van der Waals surface area contributed by atoms with Crippen LogP contribution >= 0.6 is 0 Å². The number of piperidine rings is 1. The number of Topliss-reactive ketones (excluding diaryl/α,β-unsaturated/α-hetero) is 1. The van der Waals surface area contributed by atoms with Crippen molar-refractivity contribution in [2.45, 2.75) is 65.0 Å². The molecule has 1 atom stereocenters. The minimum atomic E-state index is 0.317. The van der Waals surface area contributed by atoms with E-state index in [0.717, 1.165) is 13.1 Å². The summed E-state index contributed by atoms with van der Waals surface area (Å²) in [5, 5.41) is 0. The van der Waals surface area contributed by atoms with Gasteiger partial charge < -0.3 is 0 Å². The van der Waals surface area contributed by atoms with Gasteiger partial charge in [-0.05, 0) is 43.4 Å². The van der Waals surface area contributed by atoms with Gasteiger partial charge in [0.1, 0.15) is 5.78 Å². The number of likely N-dealkylation sites (tertiary alicyclic amines) is 1. The second-order valence-corrected chi connectivity index (χ2v) is 6.42. The highest BCUT2D eigenvalue weighted by molar-refractivity contribution is 5.76. The third kappa shape index (κ3) is 4.17. The van der Waals surface area contributed by atoms with E-state index in [4.69, 9.17) is 0 Å². The van der Waals surface area contributed by atoms with Gasteiger partial charge in [-0.1, -0.05) is 44.5 Å². The van der Waals surface area contributed by atoms with Crippen LogP contribution in [0.3, 0.4) is 0 Å². The average molecular weight is 273 g/mol. The summed E-state index contributed by atoms with van der Waals surface area (Å²) in [5.41, 5.74) is 2.76. The van der Waals surface area contributed by atoms with Crippen molar-refractivity contribution in [3.8, 4) is 0 Å². The fourth-order valence-corrected chi connectivity index (χ4v) is 3.07. The number of carbonyl (C=O) groups is 1. The molecule has 0 N–H and O–H groups in total. The van der Waals surface area contributed by atoms with Gasteiger partial charge in [0, 0.05) is 19.0 Å². The quantitative estimate of drug-likeness (QED) is 0.803. The fraction of sp³-hybridized carbons (Fsp3) is 0.611. The Kier molecular flexibility index (Phi) is 5.36. The Morgan fingerprint density at radius 2 is 1.95 bits per heavy atom. The molecule has 0 aromatic heterocycles. The van der Waals surface area contributed by atoms with E-state index < -0.39 is 0 Å². The fourth-order valence-electron chi connectivity index (χ4n) is 3.07. The van der Waals surface area contributed by atoms with E-state index in [9.17, 15) is 4.79 Å². The van der Waals surface area contributed by atoms with Crippen molar-refractivity contribution in [1.29, 1.82) is 0 Å². The number of ketones is 1. The molecule has 1 saturated heterocycles. The Labute approximate surface area is 123 Å². The third-order valence-electron chi connectivity index (χ3n) is 4.30. The summed E-state index contributed by atoms with van der Waals surface area (Å²) in [6.45, 7) is 8.27. The maximum atomic E-state index is 11.4. The molecule has 1 aromatic rings. The predicted molar refractivity (Wildman–Crippen MR) is 83.9 cm³/mol. The van der Waals surface area contributed by atoms with Crippen LogP contribution in [0.1, 0.15) is 63.5 Å². The second-order valence-electron chi connectivity index (χ2n) is 6.42. The molecule has 2 rings (SSSR count). The van der Waals surface area contributed by atoms with E-state index in [2.05, 4.69) is 43.0 Å². The molecule has 20 heavy (non-hydrogen) atoms. The summed E-state index contributed by atoms with van der Waals surface area (Å²) in [6.07, 6.45) is 4.41. The Morgan fingerprint density at radius 1 is 1.25 bits per heavy atom. The summed E-state index contributed by atoms with van der Waals surface area (Å²) < 4.78 is 0. The number of hydrogen-bond acceptors (Lipinski definition) is 2. The van der Waals surface area contributed by atoms with Crippen molar-refractivity contribution >= 4 is 5.78 Å². The van der Waals surface area contributed by atoms with E-state index >= 15 is 0 Å². The first-order valence-electron chi connectivity index (χ1n) is 7.88. The molecule has 2 nitrogen and oxygen atoms in total. The normalized spacial score (nSPS) is 20.3. The lowest BCUT2D eigenvalue weighted by Crippen LogP contribution is -2.39. The average Bonchev–Trinajstić information content (AvgIpc) is 2.41. The molecule has 0 amide bonds. The lowest BCUT2D eigenvalue weighted by molar-refractivity contribution is -0.118. The molecule has 1 unspecified atom stereocenters. The van der Waals surface area contributed by atoms with E-state index in [1.807, 2.05) is 0 Å². The van der Waals surface area contributed by atoms with Gasteiger partial charge in [0.2, 0.25) is 0 Å². The summed E-state index contributed by atoms with van der Waals surface area (Å²) in [6, 6.07) is 9.42. The minimum absolute atomic E-state index is 0.317. The zero-order valence-corrected chi connectivity index (χ0v) is 13.1. The molecular formula is C18H27NO. The van der Waals surface area contributed by atoms with E-state index in [1.165, 1.54) is 30.4 Å². The van der Waals surface area contributed by atoms with E-state index in [1.54, 1.807) is 6.92 Å². The van der Waals surface area contributed by atoms with Gasteiger partial charge in [0.15, 0.2) is 0 Å². The minimum Gasteiger partial charge on any atom is -0.300 e. The van der Waals surface area contributed by atoms with Gasteiger partial charge in [-0.3, -0.25) is 9.69 Å².